The van der Waals surface area contributed by atoms with Crippen LogP contribution in [0.15, 0.2) is 51.4 Å². The normalized spacial score (nSPS) is 10.8. The fraction of sp³-hybridized carbons (Fsp3) is 0. The molecule has 108 valence electrons. The molecule has 0 aromatic heterocycles. The van der Waals surface area contributed by atoms with Gasteiger partial charge < -0.3 is 10.4 Å². The van der Waals surface area contributed by atoms with E-state index in [0.29, 0.717) is 19.7 Å². The lowest BCUT2D eigenvalue weighted by Gasteiger charge is -2.06. The van der Waals surface area contributed by atoms with Crippen molar-refractivity contribution in [1.29, 1.82) is 0 Å². The minimum atomic E-state index is -0.269. The van der Waals surface area contributed by atoms with Crippen molar-refractivity contribution in [3.05, 3.63) is 62.0 Å². The molecule has 3 nitrogen and oxygen atoms in total. The highest BCUT2D eigenvalue weighted by Gasteiger charge is 2.07. The number of aromatic hydroxyl groups is 1. The van der Waals surface area contributed by atoms with E-state index in [9.17, 15) is 9.90 Å². The largest absolute Gasteiger partial charge is 0.506 e. The molecule has 0 unspecified atom stereocenters. The van der Waals surface area contributed by atoms with Crippen LogP contribution in [-0.2, 0) is 4.79 Å². The van der Waals surface area contributed by atoms with E-state index >= 15 is 0 Å². The monoisotopic (exact) mass is 429 g/mol. The van der Waals surface area contributed by atoms with Gasteiger partial charge in [-0.25, -0.2) is 0 Å². The van der Waals surface area contributed by atoms with E-state index in [4.69, 9.17) is 11.6 Å². The van der Waals surface area contributed by atoms with E-state index in [0.717, 1.165) is 5.56 Å². The van der Waals surface area contributed by atoms with Crippen molar-refractivity contribution < 1.29 is 9.90 Å². The Morgan fingerprint density at radius 3 is 2.29 bits per heavy atom. The highest BCUT2D eigenvalue weighted by atomic mass is 79.9. The molecule has 0 heterocycles. The average molecular weight is 432 g/mol. The van der Waals surface area contributed by atoms with Gasteiger partial charge in [0.1, 0.15) is 5.75 Å². The van der Waals surface area contributed by atoms with Crippen molar-refractivity contribution in [3.8, 4) is 5.75 Å². The van der Waals surface area contributed by atoms with Crippen LogP contribution in [-0.4, -0.2) is 11.0 Å². The number of halogens is 3. The molecule has 0 bridgehead atoms. The summed E-state index contributed by atoms with van der Waals surface area (Å²) in [6, 6.07) is 10.4. The Morgan fingerprint density at radius 1 is 1.14 bits per heavy atom. The molecule has 21 heavy (non-hydrogen) atoms. The molecule has 0 atom stereocenters. The summed E-state index contributed by atoms with van der Waals surface area (Å²) < 4.78 is 0.989. The molecule has 2 aromatic rings. The molecule has 2 rings (SSSR count). The average Bonchev–Trinajstić information content (AvgIpc) is 2.44. The number of carbonyl (C=O) groups excluding carboxylic acids is 1. The Hall–Kier alpha value is -1.30. The molecular weight excluding hydrogens is 421 g/mol. The van der Waals surface area contributed by atoms with E-state index in [2.05, 4.69) is 37.2 Å². The van der Waals surface area contributed by atoms with E-state index < -0.39 is 0 Å². The quantitative estimate of drug-likeness (QED) is 0.517. The van der Waals surface area contributed by atoms with Crippen LogP contribution in [0, 0.1) is 0 Å². The number of hydrogen-bond donors (Lipinski definition) is 2. The second-order valence-corrected chi connectivity index (χ2v) is 6.31. The molecule has 0 saturated heterocycles. The zero-order valence-corrected chi connectivity index (χ0v) is 14.5. The maximum Gasteiger partial charge on any atom is 0.248 e. The summed E-state index contributed by atoms with van der Waals surface area (Å²) in [7, 11) is 0. The zero-order valence-electron chi connectivity index (χ0n) is 10.6. The van der Waals surface area contributed by atoms with Gasteiger partial charge in [-0.05, 0) is 67.8 Å². The van der Waals surface area contributed by atoms with Gasteiger partial charge in [0, 0.05) is 16.8 Å². The van der Waals surface area contributed by atoms with Gasteiger partial charge in [0.05, 0.1) is 8.95 Å². The Balaban J connectivity index is 2.06. The molecule has 1 amide bonds. The third-order valence-electron chi connectivity index (χ3n) is 2.58. The van der Waals surface area contributed by atoms with Crippen molar-refractivity contribution in [2.24, 2.45) is 0 Å². The molecule has 0 saturated carbocycles. The maximum absolute atomic E-state index is 11.8. The summed E-state index contributed by atoms with van der Waals surface area (Å²) >= 11 is 12.2. The van der Waals surface area contributed by atoms with Crippen LogP contribution in [0.2, 0.25) is 5.02 Å². The van der Waals surface area contributed by atoms with Crippen molar-refractivity contribution in [3.63, 3.8) is 0 Å². The molecule has 2 N–H and O–H groups in total. The molecular formula is C15H10Br2ClNO2. The Kier molecular flexibility index (Phi) is 5.45. The second-order valence-electron chi connectivity index (χ2n) is 4.16. The number of anilines is 1. The maximum atomic E-state index is 11.8. The van der Waals surface area contributed by atoms with Crippen LogP contribution in [0.1, 0.15) is 5.56 Å². The van der Waals surface area contributed by atoms with Crippen molar-refractivity contribution in [1.82, 2.24) is 0 Å². The van der Waals surface area contributed by atoms with Gasteiger partial charge in [-0.2, -0.15) is 0 Å². The highest BCUT2D eigenvalue weighted by Crippen LogP contribution is 2.35. The predicted molar refractivity (Wildman–Crippen MR) is 92.6 cm³/mol. The molecule has 0 aliphatic rings. The minimum absolute atomic E-state index is 0.0877. The van der Waals surface area contributed by atoms with Crippen LogP contribution < -0.4 is 5.32 Å². The number of nitrogens with one attached hydrogen (secondary N) is 1. The first-order valence-corrected chi connectivity index (χ1v) is 7.85. The number of rotatable bonds is 3. The van der Waals surface area contributed by atoms with Crippen molar-refractivity contribution in [2.75, 3.05) is 5.32 Å². The zero-order chi connectivity index (χ0) is 15.4. The standard InChI is InChI=1S/C15H10Br2ClNO2/c16-12-7-11(8-13(17)15(12)21)19-14(20)6-3-9-1-4-10(18)5-2-9/h1-8,21H,(H,19,20)/b6-3+. The van der Waals surface area contributed by atoms with Crippen LogP contribution in [0.4, 0.5) is 5.69 Å². The summed E-state index contributed by atoms with van der Waals surface area (Å²) in [5, 5.41) is 13.0. The van der Waals surface area contributed by atoms with Crippen LogP contribution in [0.3, 0.4) is 0 Å². The summed E-state index contributed by atoms with van der Waals surface area (Å²) in [4.78, 5) is 11.8. The SMILES string of the molecule is O=C(/C=C/c1ccc(Cl)cc1)Nc1cc(Br)c(O)c(Br)c1. The van der Waals surface area contributed by atoms with Crippen molar-refractivity contribution in [2.45, 2.75) is 0 Å². The highest BCUT2D eigenvalue weighted by molar-refractivity contribution is 9.11. The summed E-state index contributed by atoms with van der Waals surface area (Å²) in [5.41, 5.74) is 1.44. The van der Waals surface area contributed by atoms with Gasteiger partial charge in [-0.1, -0.05) is 23.7 Å². The smallest absolute Gasteiger partial charge is 0.248 e. The van der Waals surface area contributed by atoms with Gasteiger partial charge in [-0.15, -0.1) is 0 Å². The number of phenolic OH excluding ortho intramolecular Hbond substituents is 1. The lowest BCUT2D eigenvalue weighted by atomic mass is 10.2. The van der Waals surface area contributed by atoms with E-state index in [-0.39, 0.29) is 11.7 Å². The lowest BCUT2D eigenvalue weighted by Crippen LogP contribution is -2.07. The van der Waals surface area contributed by atoms with Crippen LogP contribution in [0.5, 0.6) is 5.75 Å². The summed E-state index contributed by atoms with van der Waals surface area (Å²) in [5.74, 6) is -0.181. The van der Waals surface area contributed by atoms with Gasteiger partial charge in [0.15, 0.2) is 0 Å². The first-order valence-electron chi connectivity index (χ1n) is 5.88. The third-order valence-corrected chi connectivity index (χ3v) is 4.04. The Bertz CT molecular complexity index is 676. The number of carbonyl (C=O) groups is 1. The molecule has 0 aliphatic carbocycles. The molecule has 6 heteroatoms. The first kappa shape index (κ1) is 16.1. The summed E-state index contributed by atoms with van der Waals surface area (Å²) in [6.45, 7) is 0. The Labute approximate surface area is 143 Å². The van der Waals surface area contributed by atoms with Gasteiger partial charge in [0.2, 0.25) is 5.91 Å². The number of amides is 1. The van der Waals surface area contributed by atoms with Gasteiger partial charge >= 0.3 is 0 Å². The molecule has 0 fully saturated rings. The minimum Gasteiger partial charge on any atom is -0.506 e. The predicted octanol–water partition coefficient (Wildman–Crippen LogP) is 5.22. The summed E-state index contributed by atoms with van der Waals surface area (Å²) in [6.07, 6.45) is 3.12. The molecule has 2 aromatic carbocycles. The fourth-order valence-corrected chi connectivity index (χ4v) is 2.88. The lowest BCUT2D eigenvalue weighted by molar-refractivity contribution is -0.111. The molecule has 0 aliphatic heterocycles. The van der Waals surface area contributed by atoms with E-state index in [1.165, 1.54) is 6.08 Å². The molecule has 0 radical (unpaired) electrons. The Morgan fingerprint density at radius 2 is 1.71 bits per heavy atom. The number of phenols is 1. The van der Waals surface area contributed by atoms with Crippen molar-refractivity contribution >= 4 is 61.1 Å². The first-order chi connectivity index (χ1) is 9.95. The topological polar surface area (TPSA) is 49.3 Å². The van der Waals surface area contributed by atoms with Crippen LogP contribution in [0.25, 0.3) is 6.08 Å². The number of benzene rings is 2. The fourth-order valence-electron chi connectivity index (χ4n) is 1.57. The van der Waals surface area contributed by atoms with Gasteiger partial charge in [0.25, 0.3) is 0 Å². The molecule has 0 spiro atoms. The number of hydrogen-bond acceptors (Lipinski definition) is 2. The third kappa shape index (κ3) is 4.59. The van der Waals surface area contributed by atoms with Crippen LogP contribution >= 0.6 is 43.5 Å². The second kappa shape index (κ2) is 7.11. The van der Waals surface area contributed by atoms with Gasteiger partial charge in [-0.3, -0.25) is 4.79 Å². The van der Waals surface area contributed by atoms with E-state index in [1.807, 2.05) is 12.1 Å². The van der Waals surface area contributed by atoms with E-state index in [1.54, 1.807) is 30.3 Å².